The van der Waals surface area contributed by atoms with Crippen LogP contribution >= 0.6 is 0 Å². The molecule has 0 atom stereocenters. The van der Waals surface area contributed by atoms with Gasteiger partial charge in [0.25, 0.3) is 0 Å². The molecule has 0 unspecified atom stereocenters. The first-order valence-corrected chi connectivity index (χ1v) is 13.3. The van der Waals surface area contributed by atoms with Gasteiger partial charge in [-0.2, -0.15) is 0 Å². The van der Waals surface area contributed by atoms with Gasteiger partial charge in [0, 0.05) is 54.9 Å². The highest BCUT2D eigenvalue weighted by molar-refractivity contribution is 6.09. The Hall–Kier alpha value is -3.53. The SMILES string of the molecule is COc1cccnc1CN(CCCCN)Cc1nccc2c3ccccc3n(CC(=O)N3CCOCC3)c12. The van der Waals surface area contributed by atoms with Gasteiger partial charge in [0.2, 0.25) is 5.91 Å². The van der Waals surface area contributed by atoms with Crippen LogP contribution in [0.1, 0.15) is 24.2 Å². The van der Waals surface area contributed by atoms with Crippen LogP contribution in [0.2, 0.25) is 0 Å². The number of pyridine rings is 2. The minimum absolute atomic E-state index is 0.101. The number of carbonyl (C=O) groups excluding carboxylic acids is 1. The fraction of sp³-hybridized carbons (Fsp3) is 0.414. The number of unbranched alkanes of at least 4 members (excludes halogenated alkanes) is 1. The Balaban J connectivity index is 1.52. The fourth-order valence-corrected chi connectivity index (χ4v) is 5.25. The molecule has 200 valence electrons. The molecule has 0 bridgehead atoms. The normalized spacial score (nSPS) is 14.0. The van der Waals surface area contributed by atoms with Crippen LogP contribution in [-0.2, 0) is 29.2 Å². The first-order valence-electron chi connectivity index (χ1n) is 13.3. The van der Waals surface area contributed by atoms with Gasteiger partial charge in [0.1, 0.15) is 12.3 Å². The molecular weight excluding hydrogens is 480 g/mol. The summed E-state index contributed by atoms with van der Waals surface area (Å²) in [5, 5.41) is 2.24. The summed E-state index contributed by atoms with van der Waals surface area (Å²) in [7, 11) is 1.67. The second-order valence-electron chi connectivity index (χ2n) is 9.61. The first kappa shape index (κ1) is 26.1. The molecule has 0 spiro atoms. The maximum absolute atomic E-state index is 13.4. The van der Waals surface area contributed by atoms with Crippen molar-refractivity contribution >= 4 is 27.7 Å². The minimum Gasteiger partial charge on any atom is -0.495 e. The Bertz CT molecular complexity index is 1380. The standard InChI is InChI=1S/C29H36N6O3/c1-37-27-9-6-12-31-24(27)19-33(14-5-4-11-30)20-25-29-23(10-13-32-25)22-7-2-3-8-26(22)35(29)21-28(36)34-15-17-38-18-16-34/h2-3,6-10,12-13H,4-5,11,14-21,30H2,1H3. The summed E-state index contributed by atoms with van der Waals surface area (Å²) >= 11 is 0. The van der Waals surface area contributed by atoms with Gasteiger partial charge in [-0.25, -0.2) is 0 Å². The number of rotatable bonds is 11. The molecule has 1 saturated heterocycles. The number of ether oxygens (including phenoxy) is 2. The van der Waals surface area contributed by atoms with E-state index in [9.17, 15) is 4.79 Å². The van der Waals surface area contributed by atoms with Gasteiger partial charge in [0.05, 0.1) is 37.2 Å². The van der Waals surface area contributed by atoms with E-state index >= 15 is 0 Å². The molecule has 1 aromatic carbocycles. The lowest BCUT2D eigenvalue weighted by Crippen LogP contribution is -2.42. The Morgan fingerprint density at radius 2 is 1.79 bits per heavy atom. The van der Waals surface area contributed by atoms with Crippen molar-refractivity contribution in [2.75, 3.05) is 46.5 Å². The van der Waals surface area contributed by atoms with Crippen molar-refractivity contribution in [2.45, 2.75) is 32.5 Å². The quantitative estimate of drug-likeness (QED) is 0.306. The molecule has 0 aliphatic carbocycles. The number of fused-ring (bicyclic) bond motifs is 3. The van der Waals surface area contributed by atoms with Crippen LogP contribution in [0.3, 0.4) is 0 Å². The summed E-state index contributed by atoms with van der Waals surface area (Å²) in [5.74, 6) is 0.872. The van der Waals surface area contributed by atoms with Crippen LogP contribution in [0.5, 0.6) is 5.75 Å². The number of methoxy groups -OCH3 is 1. The molecule has 1 aliphatic heterocycles. The Morgan fingerprint density at radius 1 is 1.00 bits per heavy atom. The number of morpholine rings is 1. The van der Waals surface area contributed by atoms with Crippen molar-refractivity contribution < 1.29 is 14.3 Å². The molecule has 5 rings (SSSR count). The van der Waals surface area contributed by atoms with Gasteiger partial charge in [-0.05, 0) is 50.2 Å². The number of benzene rings is 1. The zero-order valence-corrected chi connectivity index (χ0v) is 22.0. The van der Waals surface area contributed by atoms with Gasteiger partial charge in [-0.1, -0.05) is 18.2 Å². The van der Waals surface area contributed by atoms with Crippen LogP contribution in [0, 0.1) is 0 Å². The smallest absolute Gasteiger partial charge is 0.242 e. The van der Waals surface area contributed by atoms with E-state index in [4.69, 9.17) is 20.2 Å². The molecule has 9 nitrogen and oxygen atoms in total. The van der Waals surface area contributed by atoms with Gasteiger partial charge < -0.3 is 24.7 Å². The van der Waals surface area contributed by atoms with Gasteiger partial charge in [-0.3, -0.25) is 19.7 Å². The maximum Gasteiger partial charge on any atom is 0.242 e. The van der Waals surface area contributed by atoms with E-state index in [-0.39, 0.29) is 12.5 Å². The first-order chi connectivity index (χ1) is 18.7. The second kappa shape index (κ2) is 12.3. The van der Waals surface area contributed by atoms with E-state index in [1.807, 2.05) is 35.4 Å². The minimum atomic E-state index is 0.101. The number of nitrogens with zero attached hydrogens (tertiary/aromatic N) is 5. The van der Waals surface area contributed by atoms with Crippen LogP contribution in [-0.4, -0.2) is 76.7 Å². The lowest BCUT2D eigenvalue weighted by molar-refractivity contribution is -0.135. The Kier molecular flexibility index (Phi) is 8.47. The number of para-hydroxylation sites is 1. The Labute approximate surface area is 223 Å². The fourth-order valence-electron chi connectivity index (χ4n) is 5.25. The van der Waals surface area contributed by atoms with Crippen molar-refractivity contribution in [3.8, 4) is 5.75 Å². The average molecular weight is 517 g/mol. The molecule has 1 amide bonds. The van der Waals surface area contributed by atoms with Crippen molar-refractivity contribution in [1.29, 1.82) is 0 Å². The summed E-state index contributed by atoms with van der Waals surface area (Å²) < 4.78 is 13.2. The highest BCUT2D eigenvalue weighted by Gasteiger charge is 2.22. The lowest BCUT2D eigenvalue weighted by Gasteiger charge is -2.27. The second-order valence-corrected chi connectivity index (χ2v) is 9.61. The monoisotopic (exact) mass is 516 g/mol. The molecule has 0 saturated carbocycles. The van der Waals surface area contributed by atoms with E-state index in [1.54, 1.807) is 13.3 Å². The zero-order chi connectivity index (χ0) is 26.3. The summed E-state index contributed by atoms with van der Waals surface area (Å²) in [6.07, 6.45) is 5.59. The number of carbonyl (C=O) groups is 1. The summed E-state index contributed by atoms with van der Waals surface area (Å²) in [5.41, 5.74) is 9.68. The average Bonchev–Trinajstić information content (AvgIpc) is 3.28. The zero-order valence-electron chi connectivity index (χ0n) is 22.0. The van der Waals surface area contributed by atoms with E-state index < -0.39 is 0 Å². The number of aromatic nitrogens is 3. The third-order valence-electron chi connectivity index (χ3n) is 7.16. The lowest BCUT2D eigenvalue weighted by atomic mass is 10.1. The number of hydrogen-bond acceptors (Lipinski definition) is 7. The van der Waals surface area contributed by atoms with E-state index in [1.165, 1.54) is 0 Å². The van der Waals surface area contributed by atoms with Gasteiger partial charge >= 0.3 is 0 Å². The molecule has 3 aromatic heterocycles. The number of hydrogen-bond donors (Lipinski definition) is 1. The van der Waals surface area contributed by atoms with Crippen molar-refractivity contribution in [3.05, 3.63) is 66.2 Å². The molecule has 1 fully saturated rings. The van der Waals surface area contributed by atoms with E-state index in [0.29, 0.717) is 45.9 Å². The Morgan fingerprint density at radius 3 is 2.61 bits per heavy atom. The maximum atomic E-state index is 13.4. The molecule has 0 radical (unpaired) electrons. The van der Waals surface area contributed by atoms with Crippen LogP contribution in [0.25, 0.3) is 21.8 Å². The summed E-state index contributed by atoms with van der Waals surface area (Å²) in [6.45, 7) is 5.44. The molecule has 9 heteroatoms. The van der Waals surface area contributed by atoms with Crippen molar-refractivity contribution in [2.24, 2.45) is 5.73 Å². The topological polar surface area (TPSA) is 98.7 Å². The molecule has 2 N–H and O–H groups in total. The van der Waals surface area contributed by atoms with Crippen LogP contribution in [0.4, 0.5) is 0 Å². The molecule has 1 aliphatic rings. The van der Waals surface area contributed by atoms with Crippen molar-refractivity contribution in [3.63, 3.8) is 0 Å². The third kappa shape index (κ3) is 5.65. The van der Waals surface area contributed by atoms with Gasteiger partial charge in [-0.15, -0.1) is 0 Å². The van der Waals surface area contributed by atoms with Gasteiger partial charge in [0.15, 0.2) is 0 Å². The van der Waals surface area contributed by atoms with E-state index in [2.05, 4.69) is 32.7 Å². The molecular formula is C29H36N6O3. The van der Waals surface area contributed by atoms with Crippen LogP contribution < -0.4 is 10.5 Å². The molecule has 4 heterocycles. The number of amides is 1. The third-order valence-corrected chi connectivity index (χ3v) is 7.16. The van der Waals surface area contributed by atoms with Crippen molar-refractivity contribution in [1.82, 2.24) is 24.3 Å². The molecule has 38 heavy (non-hydrogen) atoms. The van der Waals surface area contributed by atoms with E-state index in [0.717, 1.165) is 58.3 Å². The summed E-state index contributed by atoms with van der Waals surface area (Å²) in [6, 6.07) is 14.1. The highest BCUT2D eigenvalue weighted by atomic mass is 16.5. The summed E-state index contributed by atoms with van der Waals surface area (Å²) in [4.78, 5) is 27.0. The number of nitrogens with two attached hydrogens (primary N) is 1. The highest BCUT2D eigenvalue weighted by Crippen LogP contribution is 2.31. The largest absolute Gasteiger partial charge is 0.495 e. The van der Waals surface area contributed by atoms with Crippen LogP contribution in [0.15, 0.2) is 54.9 Å². The predicted molar refractivity (Wildman–Crippen MR) is 148 cm³/mol. The predicted octanol–water partition coefficient (Wildman–Crippen LogP) is 3.19. The molecule has 4 aromatic rings.